The van der Waals surface area contributed by atoms with Crippen LogP contribution in [0.25, 0.3) is 0 Å². The predicted octanol–water partition coefficient (Wildman–Crippen LogP) is 3.36. The molecule has 2 fully saturated rings. The number of hydrogen-bond acceptors (Lipinski definition) is 2. The highest BCUT2D eigenvalue weighted by Gasteiger charge is 2.35. The van der Waals surface area contributed by atoms with E-state index in [2.05, 4.69) is 43.2 Å². The largest absolute Gasteiger partial charge is 0.310 e. The minimum absolute atomic E-state index is 0.145. The normalized spacial score (nSPS) is 21.6. The third-order valence-corrected chi connectivity index (χ3v) is 4.64. The second-order valence-electron chi connectivity index (χ2n) is 6.64. The fourth-order valence-electron chi connectivity index (χ4n) is 3.40. The number of rotatable bonds is 3. The van der Waals surface area contributed by atoms with Gasteiger partial charge in [-0.2, -0.15) is 5.10 Å². The highest BCUT2D eigenvalue weighted by Crippen LogP contribution is 2.39. The Bertz CT molecular complexity index is 709. The summed E-state index contributed by atoms with van der Waals surface area (Å²) in [6.45, 7) is 4.92. The average Bonchev–Trinajstić information content (AvgIpc) is 3.07. The predicted molar refractivity (Wildman–Crippen MR) is 86.1 cm³/mol. The molecule has 1 atom stereocenters. The van der Waals surface area contributed by atoms with Crippen LogP contribution in [0.3, 0.4) is 0 Å². The Hall–Kier alpha value is -2.10. The van der Waals surface area contributed by atoms with Crippen molar-refractivity contribution in [3.05, 3.63) is 47.3 Å². The van der Waals surface area contributed by atoms with Gasteiger partial charge >= 0.3 is 0 Å². The number of nitrogens with zero attached hydrogens (tertiary/aromatic N) is 3. The van der Waals surface area contributed by atoms with Gasteiger partial charge in [0.15, 0.2) is 0 Å². The topological polar surface area (TPSA) is 38.1 Å². The minimum atomic E-state index is -0.145. The lowest BCUT2D eigenvalue weighted by molar-refractivity contribution is -0.120. The van der Waals surface area contributed by atoms with Crippen LogP contribution in [0.2, 0.25) is 0 Å². The van der Waals surface area contributed by atoms with Crippen LogP contribution in [0.4, 0.5) is 5.69 Å². The number of aromatic nitrogens is 2. The third kappa shape index (κ3) is 2.32. The molecular formula is C18H21N3O. The Labute approximate surface area is 130 Å². The molecule has 1 unspecified atom stereocenters. The number of carbonyl (C=O) groups is 1. The van der Waals surface area contributed by atoms with E-state index in [0.29, 0.717) is 5.92 Å². The lowest BCUT2D eigenvalue weighted by Gasteiger charge is -2.18. The second kappa shape index (κ2) is 4.97. The molecule has 114 valence electrons. The van der Waals surface area contributed by atoms with E-state index in [4.69, 9.17) is 0 Å². The maximum atomic E-state index is 12.8. The van der Waals surface area contributed by atoms with E-state index in [0.717, 1.165) is 24.3 Å². The molecule has 1 aliphatic heterocycles. The quantitative estimate of drug-likeness (QED) is 0.871. The summed E-state index contributed by atoms with van der Waals surface area (Å²) in [5.74, 6) is 0.795. The van der Waals surface area contributed by atoms with Crippen molar-refractivity contribution in [1.29, 1.82) is 0 Å². The average molecular weight is 295 g/mol. The third-order valence-electron chi connectivity index (χ3n) is 4.64. The molecule has 0 N–H and O–H groups in total. The zero-order chi connectivity index (χ0) is 15.3. The second-order valence-corrected chi connectivity index (χ2v) is 6.64. The van der Waals surface area contributed by atoms with Gasteiger partial charge in [0.1, 0.15) is 6.04 Å². The fraction of sp³-hybridized carbons (Fsp3) is 0.444. The highest BCUT2D eigenvalue weighted by molar-refractivity contribution is 5.98. The van der Waals surface area contributed by atoms with Crippen molar-refractivity contribution in [3.63, 3.8) is 0 Å². The van der Waals surface area contributed by atoms with Crippen molar-refractivity contribution in [1.82, 2.24) is 9.78 Å². The van der Waals surface area contributed by atoms with Gasteiger partial charge in [-0.1, -0.05) is 6.07 Å². The number of hydrogen-bond donors (Lipinski definition) is 0. The van der Waals surface area contributed by atoms with E-state index in [-0.39, 0.29) is 11.9 Å². The first-order valence-corrected chi connectivity index (χ1v) is 8.06. The molecule has 1 amide bonds. The van der Waals surface area contributed by atoms with Gasteiger partial charge in [0.2, 0.25) is 0 Å². The zero-order valence-corrected chi connectivity index (χ0v) is 13.1. The molecule has 4 nitrogen and oxygen atoms in total. The molecule has 0 radical (unpaired) electrons. The molecule has 0 bridgehead atoms. The van der Waals surface area contributed by atoms with Crippen LogP contribution >= 0.6 is 0 Å². The number of aryl methyl sites for hydroxylation is 2. The first kappa shape index (κ1) is 13.6. The Morgan fingerprint density at radius 1 is 1.09 bits per heavy atom. The first-order valence-electron chi connectivity index (χ1n) is 8.06. The number of anilines is 1. The minimum Gasteiger partial charge on any atom is -0.310 e. The lowest BCUT2D eigenvalue weighted by Crippen LogP contribution is -2.28. The molecular weight excluding hydrogens is 274 g/mol. The molecule has 4 heteroatoms. The van der Waals surface area contributed by atoms with E-state index in [1.165, 1.54) is 24.0 Å². The molecule has 1 saturated heterocycles. The van der Waals surface area contributed by atoms with Crippen molar-refractivity contribution < 1.29 is 4.79 Å². The first-order chi connectivity index (χ1) is 10.6. The monoisotopic (exact) mass is 295 g/mol. The maximum Gasteiger partial charge on any atom is 0.251 e. The Morgan fingerprint density at radius 2 is 1.82 bits per heavy atom. The van der Waals surface area contributed by atoms with E-state index < -0.39 is 0 Å². The van der Waals surface area contributed by atoms with E-state index in [1.54, 1.807) is 0 Å². The van der Waals surface area contributed by atoms with Gasteiger partial charge in [-0.3, -0.25) is 9.48 Å². The summed E-state index contributed by atoms with van der Waals surface area (Å²) < 4.78 is 1.87. The lowest BCUT2D eigenvalue weighted by atomic mass is 10.1. The van der Waals surface area contributed by atoms with Crippen LogP contribution in [0.15, 0.2) is 30.5 Å². The summed E-state index contributed by atoms with van der Waals surface area (Å²) in [6.07, 6.45) is 5.29. The van der Waals surface area contributed by atoms with Crippen molar-refractivity contribution in [2.75, 3.05) is 11.4 Å². The SMILES string of the molecule is Cc1cc(C)cc(N2CCC(n3ccc(C4CC4)n3)C2=O)c1. The van der Waals surface area contributed by atoms with Crippen LogP contribution < -0.4 is 4.90 Å². The van der Waals surface area contributed by atoms with Gasteiger partial charge in [0.25, 0.3) is 5.91 Å². The van der Waals surface area contributed by atoms with Crippen molar-refractivity contribution in [2.45, 2.75) is 45.1 Å². The summed E-state index contributed by atoms with van der Waals surface area (Å²) in [7, 11) is 0. The molecule has 0 spiro atoms. The van der Waals surface area contributed by atoms with Crippen LogP contribution in [-0.2, 0) is 4.79 Å². The van der Waals surface area contributed by atoms with Crippen LogP contribution in [0.1, 0.15) is 48.0 Å². The summed E-state index contributed by atoms with van der Waals surface area (Å²) in [4.78, 5) is 14.7. The van der Waals surface area contributed by atoms with Crippen molar-refractivity contribution in [2.24, 2.45) is 0 Å². The summed E-state index contributed by atoms with van der Waals surface area (Å²) in [5.41, 5.74) is 4.56. The Kier molecular flexibility index (Phi) is 3.06. The fourth-order valence-corrected chi connectivity index (χ4v) is 3.40. The Balaban J connectivity index is 1.58. The van der Waals surface area contributed by atoms with E-state index >= 15 is 0 Å². The molecule has 1 saturated carbocycles. The Morgan fingerprint density at radius 3 is 2.50 bits per heavy atom. The summed E-state index contributed by atoms with van der Waals surface area (Å²) in [5, 5.41) is 4.64. The van der Waals surface area contributed by atoms with E-state index in [9.17, 15) is 4.79 Å². The smallest absolute Gasteiger partial charge is 0.251 e. The molecule has 2 heterocycles. The maximum absolute atomic E-state index is 12.8. The van der Waals surface area contributed by atoms with Gasteiger partial charge < -0.3 is 4.90 Å². The molecule has 2 aromatic rings. The van der Waals surface area contributed by atoms with Gasteiger partial charge in [-0.05, 0) is 62.4 Å². The van der Waals surface area contributed by atoms with Crippen LogP contribution in [0.5, 0.6) is 0 Å². The molecule has 2 aliphatic rings. The molecule has 1 aliphatic carbocycles. The van der Waals surface area contributed by atoms with Crippen LogP contribution in [0, 0.1) is 13.8 Å². The number of benzene rings is 1. The highest BCUT2D eigenvalue weighted by atomic mass is 16.2. The van der Waals surface area contributed by atoms with Crippen LogP contribution in [-0.4, -0.2) is 22.2 Å². The number of carbonyl (C=O) groups excluding carboxylic acids is 1. The molecule has 1 aromatic heterocycles. The van der Waals surface area contributed by atoms with Crippen molar-refractivity contribution >= 4 is 11.6 Å². The van der Waals surface area contributed by atoms with Gasteiger partial charge in [0.05, 0.1) is 5.69 Å². The summed E-state index contributed by atoms with van der Waals surface area (Å²) >= 11 is 0. The molecule has 22 heavy (non-hydrogen) atoms. The van der Waals surface area contributed by atoms with E-state index in [1.807, 2.05) is 15.8 Å². The van der Waals surface area contributed by atoms with Gasteiger partial charge in [0, 0.05) is 24.3 Å². The summed E-state index contributed by atoms with van der Waals surface area (Å²) in [6, 6.07) is 8.24. The number of amides is 1. The zero-order valence-electron chi connectivity index (χ0n) is 13.1. The van der Waals surface area contributed by atoms with Gasteiger partial charge in [-0.15, -0.1) is 0 Å². The molecule has 4 rings (SSSR count). The molecule has 1 aromatic carbocycles. The van der Waals surface area contributed by atoms with Crippen molar-refractivity contribution in [3.8, 4) is 0 Å². The standard InChI is InChI=1S/C18H21N3O/c1-12-9-13(2)11-15(10-12)20-7-6-17(18(20)22)21-8-5-16(19-21)14-3-4-14/h5,8-11,14,17H,3-4,6-7H2,1-2H3. The van der Waals surface area contributed by atoms with Gasteiger partial charge in [-0.25, -0.2) is 0 Å².